The van der Waals surface area contributed by atoms with Crippen molar-refractivity contribution in [2.75, 3.05) is 0 Å². The molecule has 0 spiro atoms. The Morgan fingerprint density at radius 1 is 1.50 bits per heavy atom. The lowest BCUT2D eigenvalue weighted by Gasteiger charge is -2.17. The van der Waals surface area contributed by atoms with E-state index in [0.717, 1.165) is 35.2 Å². The lowest BCUT2D eigenvalue weighted by Crippen LogP contribution is -2.22. The molecular formula is C16H17N3O2S. The van der Waals surface area contributed by atoms with Crippen LogP contribution in [0.3, 0.4) is 0 Å². The number of hydrogen-bond donors (Lipinski definition) is 0. The number of fused-ring (bicyclic) bond motifs is 3. The second-order valence-electron chi connectivity index (χ2n) is 6.14. The third-order valence-electron chi connectivity index (χ3n) is 4.29. The molecule has 114 valence electrons. The molecular weight excluding hydrogens is 298 g/mol. The summed E-state index contributed by atoms with van der Waals surface area (Å²) in [6.07, 6.45) is 4.82. The van der Waals surface area contributed by atoms with E-state index in [0.29, 0.717) is 18.2 Å². The minimum atomic E-state index is 0.0334. The average Bonchev–Trinajstić information content (AvgIpc) is 3.05. The average molecular weight is 315 g/mol. The van der Waals surface area contributed by atoms with Crippen LogP contribution in [0.4, 0.5) is 0 Å². The van der Waals surface area contributed by atoms with Crippen LogP contribution < -0.4 is 5.56 Å². The molecule has 1 aliphatic carbocycles. The quantitative estimate of drug-likeness (QED) is 0.729. The van der Waals surface area contributed by atoms with E-state index in [2.05, 4.69) is 17.1 Å². The number of thiophene rings is 1. The maximum Gasteiger partial charge on any atom is 0.262 e. The van der Waals surface area contributed by atoms with E-state index in [1.54, 1.807) is 22.2 Å². The van der Waals surface area contributed by atoms with Crippen molar-refractivity contribution in [1.82, 2.24) is 14.7 Å². The van der Waals surface area contributed by atoms with Gasteiger partial charge < -0.3 is 4.52 Å². The van der Waals surface area contributed by atoms with Crippen molar-refractivity contribution in [1.29, 1.82) is 0 Å². The number of nitrogens with zero attached hydrogens (tertiary/aromatic N) is 3. The van der Waals surface area contributed by atoms with E-state index in [4.69, 9.17) is 4.52 Å². The minimum Gasteiger partial charge on any atom is -0.359 e. The maximum absolute atomic E-state index is 12.8. The lowest BCUT2D eigenvalue weighted by molar-refractivity contribution is 0.371. The van der Waals surface area contributed by atoms with E-state index in [-0.39, 0.29) is 5.56 Å². The predicted octanol–water partition coefficient (Wildman–Crippen LogP) is 2.93. The second-order valence-corrected chi connectivity index (χ2v) is 7.23. The van der Waals surface area contributed by atoms with Crippen LogP contribution in [0.2, 0.25) is 0 Å². The Labute approximate surface area is 131 Å². The first-order valence-corrected chi connectivity index (χ1v) is 8.35. The topological polar surface area (TPSA) is 60.9 Å². The molecule has 0 saturated carbocycles. The first-order chi connectivity index (χ1) is 10.6. The van der Waals surface area contributed by atoms with E-state index in [1.165, 1.54) is 10.4 Å². The normalized spacial score (nSPS) is 17.8. The van der Waals surface area contributed by atoms with Gasteiger partial charge in [-0.1, -0.05) is 12.1 Å². The zero-order chi connectivity index (χ0) is 15.3. The van der Waals surface area contributed by atoms with Crippen LogP contribution in [0, 0.1) is 12.8 Å². The lowest BCUT2D eigenvalue weighted by atomic mass is 9.89. The van der Waals surface area contributed by atoms with Gasteiger partial charge in [0.15, 0.2) is 5.76 Å². The van der Waals surface area contributed by atoms with Crippen molar-refractivity contribution in [3.8, 4) is 0 Å². The van der Waals surface area contributed by atoms with Crippen molar-refractivity contribution >= 4 is 21.6 Å². The van der Waals surface area contributed by atoms with Crippen LogP contribution in [-0.4, -0.2) is 14.7 Å². The van der Waals surface area contributed by atoms with Gasteiger partial charge in [0.05, 0.1) is 24.0 Å². The highest BCUT2D eigenvalue weighted by atomic mass is 32.1. The van der Waals surface area contributed by atoms with E-state index >= 15 is 0 Å². The molecule has 1 atom stereocenters. The van der Waals surface area contributed by atoms with Crippen LogP contribution >= 0.6 is 11.3 Å². The Morgan fingerprint density at radius 3 is 3.14 bits per heavy atom. The van der Waals surface area contributed by atoms with E-state index in [9.17, 15) is 4.79 Å². The molecule has 5 nitrogen and oxygen atoms in total. The molecule has 3 aromatic rings. The van der Waals surface area contributed by atoms with Crippen LogP contribution in [0.5, 0.6) is 0 Å². The molecule has 0 fully saturated rings. The standard InChI is InChI=1S/C16H17N3O2S/c1-9-3-4-12-13(5-9)22-15-14(12)16(20)19(8-17-15)7-11-6-10(2)18-21-11/h6,8-9H,3-5,7H2,1-2H3/t9-/m1/s1. The van der Waals surface area contributed by atoms with Gasteiger partial charge in [-0.25, -0.2) is 4.98 Å². The Bertz CT molecular complexity index is 906. The highest BCUT2D eigenvalue weighted by molar-refractivity contribution is 7.18. The first-order valence-electron chi connectivity index (χ1n) is 7.53. The Kier molecular flexibility index (Phi) is 3.14. The van der Waals surface area contributed by atoms with Crippen LogP contribution in [-0.2, 0) is 19.4 Å². The summed E-state index contributed by atoms with van der Waals surface area (Å²) in [4.78, 5) is 19.5. The Hall–Kier alpha value is -1.95. The summed E-state index contributed by atoms with van der Waals surface area (Å²) in [7, 11) is 0. The molecule has 0 saturated heterocycles. The number of aromatic nitrogens is 3. The maximum atomic E-state index is 12.8. The van der Waals surface area contributed by atoms with Crippen LogP contribution in [0.1, 0.15) is 35.2 Å². The molecule has 1 aliphatic rings. The summed E-state index contributed by atoms with van der Waals surface area (Å²) in [6.45, 7) is 4.52. The van der Waals surface area contributed by atoms with Gasteiger partial charge >= 0.3 is 0 Å². The van der Waals surface area contributed by atoms with Crippen molar-refractivity contribution < 1.29 is 4.52 Å². The van der Waals surface area contributed by atoms with E-state index in [1.807, 2.05) is 13.0 Å². The monoisotopic (exact) mass is 315 g/mol. The third-order valence-corrected chi connectivity index (χ3v) is 5.45. The zero-order valence-corrected chi connectivity index (χ0v) is 13.4. The van der Waals surface area contributed by atoms with E-state index < -0.39 is 0 Å². The first kappa shape index (κ1) is 13.7. The highest BCUT2D eigenvalue weighted by Crippen LogP contribution is 2.35. The summed E-state index contributed by atoms with van der Waals surface area (Å²) in [5.74, 6) is 1.37. The molecule has 0 N–H and O–H groups in total. The highest BCUT2D eigenvalue weighted by Gasteiger charge is 2.23. The van der Waals surface area contributed by atoms with Crippen LogP contribution in [0.25, 0.3) is 10.2 Å². The SMILES string of the molecule is Cc1cc(Cn2cnc3sc4c(c3c2=O)CC[C@@H](C)C4)on1. The molecule has 0 bridgehead atoms. The molecule has 6 heteroatoms. The largest absolute Gasteiger partial charge is 0.359 e. The summed E-state index contributed by atoms with van der Waals surface area (Å²) in [5.41, 5.74) is 2.07. The van der Waals surface area contributed by atoms with Gasteiger partial charge in [-0.15, -0.1) is 11.3 Å². The van der Waals surface area contributed by atoms with Gasteiger partial charge in [0.1, 0.15) is 4.83 Å². The number of rotatable bonds is 2. The fourth-order valence-corrected chi connectivity index (χ4v) is 4.48. The van der Waals surface area contributed by atoms with Crippen molar-refractivity contribution in [2.24, 2.45) is 5.92 Å². The molecule has 3 aromatic heterocycles. The molecule has 3 heterocycles. The Morgan fingerprint density at radius 2 is 2.36 bits per heavy atom. The molecule has 0 amide bonds. The third kappa shape index (κ3) is 2.18. The molecule has 4 rings (SSSR count). The van der Waals surface area contributed by atoms with Gasteiger partial charge in [-0.3, -0.25) is 9.36 Å². The molecule has 0 aliphatic heterocycles. The fourth-order valence-electron chi connectivity index (χ4n) is 3.14. The van der Waals surface area contributed by atoms with Crippen molar-refractivity contribution in [2.45, 2.75) is 39.7 Å². The smallest absolute Gasteiger partial charge is 0.262 e. The van der Waals surface area contributed by atoms with Gasteiger partial charge in [0.25, 0.3) is 5.56 Å². The number of aryl methyl sites for hydroxylation is 2. The Balaban J connectivity index is 1.81. The second kappa shape index (κ2) is 5.05. The summed E-state index contributed by atoms with van der Waals surface area (Å²) in [5, 5.41) is 4.68. The summed E-state index contributed by atoms with van der Waals surface area (Å²) < 4.78 is 6.83. The predicted molar refractivity (Wildman–Crippen MR) is 85.4 cm³/mol. The fraction of sp³-hybridized carbons (Fsp3) is 0.438. The van der Waals surface area contributed by atoms with Crippen molar-refractivity contribution in [3.63, 3.8) is 0 Å². The molecule has 0 radical (unpaired) electrons. The van der Waals surface area contributed by atoms with Gasteiger partial charge in [-0.05, 0) is 37.7 Å². The summed E-state index contributed by atoms with van der Waals surface area (Å²) in [6, 6.07) is 1.85. The minimum absolute atomic E-state index is 0.0334. The molecule has 0 aromatic carbocycles. The molecule has 22 heavy (non-hydrogen) atoms. The van der Waals surface area contributed by atoms with Gasteiger partial charge in [0.2, 0.25) is 0 Å². The van der Waals surface area contributed by atoms with Crippen molar-refractivity contribution in [3.05, 3.63) is 44.6 Å². The molecule has 0 unspecified atom stereocenters. The number of hydrogen-bond acceptors (Lipinski definition) is 5. The van der Waals surface area contributed by atoms with Gasteiger partial charge in [-0.2, -0.15) is 0 Å². The summed E-state index contributed by atoms with van der Waals surface area (Å²) >= 11 is 1.68. The zero-order valence-electron chi connectivity index (χ0n) is 12.6. The van der Waals surface area contributed by atoms with Gasteiger partial charge in [0, 0.05) is 10.9 Å². The van der Waals surface area contributed by atoms with Crippen LogP contribution in [0.15, 0.2) is 21.7 Å².